The van der Waals surface area contributed by atoms with Crippen molar-refractivity contribution < 1.29 is 9.47 Å². The zero-order valence-electron chi connectivity index (χ0n) is 11.5. The highest BCUT2D eigenvalue weighted by atomic mass is 32.1. The quantitative estimate of drug-likeness (QED) is 0.922. The summed E-state index contributed by atoms with van der Waals surface area (Å²) in [6, 6.07) is 0.249. The minimum atomic E-state index is -0.104. The number of rotatable bonds is 4. The van der Waals surface area contributed by atoms with Gasteiger partial charge in [-0.3, -0.25) is 0 Å². The van der Waals surface area contributed by atoms with Gasteiger partial charge < -0.3 is 14.8 Å². The van der Waals surface area contributed by atoms with Crippen LogP contribution in [0.2, 0.25) is 0 Å². The van der Waals surface area contributed by atoms with E-state index >= 15 is 0 Å². The Balaban J connectivity index is 1.79. The van der Waals surface area contributed by atoms with Gasteiger partial charge in [-0.1, -0.05) is 12.8 Å². The molecule has 2 heterocycles. The van der Waals surface area contributed by atoms with Crippen molar-refractivity contribution in [3.8, 4) is 0 Å². The summed E-state index contributed by atoms with van der Waals surface area (Å²) in [7, 11) is 0. The van der Waals surface area contributed by atoms with Crippen LogP contribution in [0.15, 0.2) is 5.38 Å². The van der Waals surface area contributed by atoms with Crippen LogP contribution in [-0.4, -0.2) is 31.3 Å². The van der Waals surface area contributed by atoms with Crippen molar-refractivity contribution in [2.45, 2.75) is 44.2 Å². The van der Waals surface area contributed by atoms with Gasteiger partial charge in [-0.05, 0) is 19.8 Å². The maximum Gasteiger partial charge on any atom is 0.125 e. The van der Waals surface area contributed by atoms with Crippen LogP contribution in [0.1, 0.15) is 49.4 Å². The first kappa shape index (κ1) is 13.5. The van der Waals surface area contributed by atoms with E-state index in [1.807, 2.05) is 0 Å². The molecule has 1 aromatic rings. The molecule has 0 aromatic carbocycles. The van der Waals surface area contributed by atoms with Crippen molar-refractivity contribution >= 4 is 11.3 Å². The molecule has 19 heavy (non-hydrogen) atoms. The Morgan fingerprint density at radius 1 is 1.53 bits per heavy atom. The Kier molecular flexibility index (Phi) is 4.17. The molecule has 1 atom stereocenters. The Labute approximate surface area is 118 Å². The number of morpholine rings is 1. The van der Waals surface area contributed by atoms with E-state index in [4.69, 9.17) is 14.5 Å². The molecule has 1 saturated carbocycles. The summed E-state index contributed by atoms with van der Waals surface area (Å²) in [4.78, 5) is 4.86. The number of hydrogen-bond donors (Lipinski definition) is 1. The van der Waals surface area contributed by atoms with E-state index in [9.17, 15) is 0 Å². The van der Waals surface area contributed by atoms with Crippen molar-refractivity contribution in [3.05, 3.63) is 16.1 Å². The van der Waals surface area contributed by atoms with E-state index in [2.05, 4.69) is 17.6 Å². The molecule has 0 amide bonds. The van der Waals surface area contributed by atoms with E-state index in [0.717, 1.165) is 49.9 Å². The molecule has 1 aliphatic heterocycles. The lowest BCUT2D eigenvalue weighted by Gasteiger charge is -2.27. The van der Waals surface area contributed by atoms with Gasteiger partial charge in [0.05, 0.1) is 24.9 Å². The molecule has 1 unspecified atom stereocenters. The third kappa shape index (κ3) is 2.70. The summed E-state index contributed by atoms with van der Waals surface area (Å²) in [5.41, 5.74) is 1.01. The summed E-state index contributed by atoms with van der Waals surface area (Å²) in [5.74, 6) is 0. The van der Waals surface area contributed by atoms with Crippen molar-refractivity contribution in [1.29, 1.82) is 0 Å². The SMILES string of the molecule is CCOC1(c2nc(C3COCCN3)cs2)CCCC1. The first-order valence-electron chi connectivity index (χ1n) is 7.25. The third-order valence-electron chi connectivity index (χ3n) is 4.02. The van der Waals surface area contributed by atoms with Gasteiger partial charge in [0.1, 0.15) is 10.6 Å². The summed E-state index contributed by atoms with van der Waals surface area (Å²) in [6.07, 6.45) is 4.73. The zero-order valence-corrected chi connectivity index (χ0v) is 12.3. The monoisotopic (exact) mass is 282 g/mol. The Hall–Kier alpha value is -0.490. The van der Waals surface area contributed by atoms with Crippen molar-refractivity contribution in [2.24, 2.45) is 0 Å². The van der Waals surface area contributed by atoms with Gasteiger partial charge >= 0.3 is 0 Å². The molecule has 4 nitrogen and oxygen atoms in total. The number of nitrogens with one attached hydrogen (secondary N) is 1. The maximum absolute atomic E-state index is 6.07. The van der Waals surface area contributed by atoms with Crippen LogP contribution in [-0.2, 0) is 15.1 Å². The number of aromatic nitrogens is 1. The standard InChI is InChI=1S/C14H22N2O2S/c1-2-18-14(5-3-4-6-14)13-16-12(10-19-13)11-9-17-8-7-15-11/h10-11,15H,2-9H2,1H3. The van der Waals surface area contributed by atoms with Gasteiger partial charge in [0, 0.05) is 18.5 Å². The van der Waals surface area contributed by atoms with Gasteiger partial charge in [-0.15, -0.1) is 11.3 Å². The van der Waals surface area contributed by atoms with Crippen LogP contribution in [0.25, 0.3) is 0 Å². The van der Waals surface area contributed by atoms with Gasteiger partial charge in [0.25, 0.3) is 0 Å². The van der Waals surface area contributed by atoms with Gasteiger partial charge in [0.2, 0.25) is 0 Å². The fourth-order valence-corrected chi connectivity index (χ4v) is 4.14. The second-order valence-electron chi connectivity index (χ2n) is 5.29. The number of thiazole rings is 1. The molecular weight excluding hydrogens is 260 g/mol. The Morgan fingerprint density at radius 2 is 2.37 bits per heavy atom. The van der Waals surface area contributed by atoms with Gasteiger partial charge in [-0.2, -0.15) is 0 Å². The fourth-order valence-electron chi connectivity index (χ4n) is 3.05. The molecule has 1 saturated heterocycles. The van der Waals surface area contributed by atoms with Crippen molar-refractivity contribution in [2.75, 3.05) is 26.4 Å². The van der Waals surface area contributed by atoms with Crippen LogP contribution in [0, 0.1) is 0 Å². The lowest BCUT2D eigenvalue weighted by molar-refractivity contribution is -0.0393. The smallest absolute Gasteiger partial charge is 0.125 e. The van der Waals surface area contributed by atoms with Crippen LogP contribution < -0.4 is 5.32 Å². The largest absolute Gasteiger partial charge is 0.378 e. The Bertz CT molecular complexity index is 409. The predicted molar refractivity (Wildman–Crippen MR) is 75.4 cm³/mol. The molecule has 3 rings (SSSR count). The summed E-state index contributed by atoms with van der Waals surface area (Å²) in [5, 5.41) is 6.79. The Morgan fingerprint density at radius 3 is 3.05 bits per heavy atom. The second kappa shape index (κ2) is 5.87. The lowest BCUT2D eigenvalue weighted by Crippen LogP contribution is -2.35. The minimum Gasteiger partial charge on any atom is -0.378 e. The van der Waals surface area contributed by atoms with E-state index in [1.54, 1.807) is 11.3 Å². The highest BCUT2D eigenvalue weighted by Gasteiger charge is 2.39. The predicted octanol–water partition coefficient (Wildman–Crippen LogP) is 2.61. The van der Waals surface area contributed by atoms with Crippen molar-refractivity contribution in [1.82, 2.24) is 10.3 Å². The summed E-state index contributed by atoms with van der Waals surface area (Å²) >= 11 is 1.75. The highest BCUT2D eigenvalue weighted by Crippen LogP contribution is 2.43. The van der Waals surface area contributed by atoms with Crippen LogP contribution in [0.3, 0.4) is 0 Å². The first-order valence-corrected chi connectivity index (χ1v) is 8.13. The molecule has 2 aliphatic rings. The average molecular weight is 282 g/mol. The fraction of sp³-hybridized carbons (Fsp3) is 0.786. The molecule has 1 N–H and O–H groups in total. The molecule has 0 spiro atoms. The zero-order chi connectivity index (χ0) is 13.1. The van der Waals surface area contributed by atoms with E-state index in [1.165, 1.54) is 12.8 Å². The molecule has 106 valence electrons. The van der Waals surface area contributed by atoms with Crippen LogP contribution in [0.4, 0.5) is 0 Å². The van der Waals surface area contributed by atoms with Crippen LogP contribution >= 0.6 is 11.3 Å². The topological polar surface area (TPSA) is 43.4 Å². The van der Waals surface area contributed by atoms with Gasteiger partial charge in [-0.25, -0.2) is 4.98 Å². The molecule has 5 heteroatoms. The van der Waals surface area contributed by atoms with Crippen molar-refractivity contribution in [3.63, 3.8) is 0 Å². The number of nitrogens with zero attached hydrogens (tertiary/aromatic N) is 1. The normalized spacial score (nSPS) is 26.7. The van der Waals surface area contributed by atoms with E-state index < -0.39 is 0 Å². The summed E-state index contributed by atoms with van der Waals surface area (Å²) in [6.45, 7) is 5.28. The molecule has 1 aromatic heterocycles. The number of ether oxygens (including phenoxy) is 2. The molecule has 0 radical (unpaired) electrons. The van der Waals surface area contributed by atoms with E-state index in [0.29, 0.717) is 0 Å². The molecule has 1 aliphatic carbocycles. The van der Waals surface area contributed by atoms with Gasteiger partial charge in [0.15, 0.2) is 0 Å². The summed E-state index contributed by atoms with van der Waals surface area (Å²) < 4.78 is 11.6. The van der Waals surface area contributed by atoms with E-state index in [-0.39, 0.29) is 11.6 Å². The number of hydrogen-bond acceptors (Lipinski definition) is 5. The first-order chi connectivity index (χ1) is 9.34. The molecule has 0 bridgehead atoms. The second-order valence-corrected chi connectivity index (χ2v) is 6.15. The molecular formula is C14H22N2O2S. The lowest BCUT2D eigenvalue weighted by atomic mass is 10.0. The third-order valence-corrected chi connectivity index (χ3v) is 5.07. The maximum atomic E-state index is 6.07. The molecule has 2 fully saturated rings. The highest BCUT2D eigenvalue weighted by molar-refractivity contribution is 7.09. The average Bonchev–Trinajstić information content (AvgIpc) is 3.09. The minimum absolute atomic E-state index is 0.104. The van der Waals surface area contributed by atoms with Crippen LogP contribution in [0.5, 0.6) is 0 Å².